The van der Waals surface area contributed by atoms with E-state index >= 15 is 0 Å². The second-order valence-corrected chi connectivity index (χ2v) is 8.20. The lowest BCUT2D eigenvalue weighted by Crippen LogP contribution is -2.32. The first-order chi connectivity index (χ1) is 15.4. The van der Waals surface area contributed by atoms with E-state index in [9.17, 15) is 4.79 Å². The summed E-state index contributed by atoms with van der Waals surface area (Å²) in [5, 5.41) is 13.8. The lowest BCUT2D eigenvalue weighted by molar-refractivity contribution is 0.0944. The van der Waals surface area contributed by atoms with Crippen molar-refractivity contribution in [3.05, 3.63) is 61.7 Å². The van der Waals surface area contributed by atoms with E-state index in [-0.39, 0.29) is 18.1 Å². The van der Waals surface area contributed by atoms with Gasteiger partial charge in [-0.2, -0.15) is 0 Å². The van der Waals surface area contributed by atoms with Crippen LogP contribution < -0.4 is 25.8 Å². The number of ether oxygens (including phenoxy) is 2. The van der Waals surface area contributed by atoms with E-state index in [1.807, 2.05) is 12.1 Å². The molecule has 1 amide bonds. The van der Waals surface area contributed by atoms with Gasteiger partial charge < -0.3 is 25.8 Å². The van der Waals surface area contributed by atoms with E-state index < -0.39 is 5.91 Å². The Morgan fingerprint density at radius 1 is 1.22 bits per heavy atom. The van der Waals surface area contributed by atoms with Crippen molar-refractivity contribution >= 4 is 50.9 Å². The molecule has 3 aromatic rings. The van der Waals surface area contributed by atoms with Crippen molar-refractivity contribution < 1.29 is 18.9 Å². The Kier molecular flexibility index (Phi) is 8.57. The number of hydrogen-bond acceptors (Lipinski definition) is 8. The van der Waals surface area contributed by atoms with Gasteiger partial charge in [-0.25, -0.2) is 4.63 Å². The fourth-order valence-electron chi connectivity index (χ4n) is 2.76. The third-order valence-corrected chi connectivity index (χ3v) is 5.65. The molecule has 3 rings (SSSR count). The number of carbonyl (C=O) groups excluding carboxylic acids is 1. The van der Waals surface area contributed by atoms with Crippen LogP contribution >= 0.6 is 39.1 Å². The van der Waals surface area contributed by atoms with Crippen LogP contribution in [0.2, 0.25) is 10.0 Å². The smallest absolute Gasteiger partial charge is 0.277 e. The van der Waals surface area contributed by atoms with Crippen LogP contribution in [-0.4, -0.2) is 36.4 Å². The quantitative estimate of drug-likeness (QED) is 0.329. The van der Waals surface area contributed by atoms with Gasteiger partial charge in [-0.1, -0.05) is 29.3 Å². The van der Waals surface area contributed by atoms with Gasteiger partial charge in [-0.05, 0) is 56.1 Å². The number of nitrogens with zero attached hydrogens (tertiary/aromatic N) is 2. The molecular weight excluding hydrogens is 525 g/mol. The molecule has 0 aliphatic rings. The van der Waals surface area contributed by atoms with Crippen LogP contribution in [0.25, 0.3) is 0 Å². The van der Waals surface area contributed by atoms with Gasteiger partial charge in [0.15, 0.2) is 11.5 Å². The summed E-state index contributed by atoms with van der Waals surface area (Å²) in [7, 11) is 1.56. The summed E-state index contributed by atoms with van der Waals surface area (Å²) in [5.74, 6) is 0.599. The van der Waals surface area contributed by atoms with E-state index in [2.05, 4.69) is 41.5 Å². The predicted molar refractivity (Wildman–Crippen MR) is 124 cm³/mol. The Morgan fingerprint density at radius 3 is 2.62 bits per heavy atom. The van der Waals surface area contributed by atoms with Gasteiger partial charge in [0.05, 0.1) is 11.6 Å². The number of anilines is 1. The molecule has 170 valence electrons. The second kappa shape index (κ2) is 11.4. The van der Waals surface area contributed by atoms with Crippen LogP contribution in [0.1, 0.15) is 21.6 Å². The number of nitrogen functional groups attached to an aromatic ring is 1. The van der Waals surface area contributed by atoms with Gasteiger partial charge in [-0.3, -0.25) is 4.79 Å². The molecule has 2 aromatic carbocycles. The van der Waals surface area contributed by atoms with Gasteiger partial charge in [0.1, 0.15) is 6.61 Å². The van der Waals surface area contributed by atoms with E-state index in [1.54, 1.807) is 25.3 Å². The summed E-state index contributed by atoms with van der Waals surface area (Å²) in [6.45, 7) is 1.61. The minimum absolute atomic E-state index is 0.0349. The zero-order valence-corrected chi connectivity index (χ0v) is 20.1. The number of amides is 1. The number of nitrogens with one attached hydrogen (secondary N) is 2. The minimum atomic E-state index is -0.449. The van der Waals surface area contributed by atoms with Crippen molar-refractivity contribution in [1.29, 1.82) is 0 Å². The first-order valence-electron chi connectivity index (χ1n) is 9.39. The Hall–Kier alpha value is -2.53. The van der Waals surface area contributed by atoms with Gasteiger partial charge >= 0.3 is 0 Å². The topological polar surface area (TPSA) is 125 Å². The summed E-state index contributed by atoms with van der Waals surface area (Å²) < 4.78 is 16.6. The number of aromatic nitrogens is 2. The van der Waals surface area contributed by atoms with E-state index in [0.717, 1.165) is 10.0 Å². The molecule has 0 unspecified atom stereocenters. The zero-order valence-electron chi connectivity index (χ0n) is 17.0. The average molecular weight is 545 g/mol. The maximum Gasteiger partial charge on any atom is 0.277 e. The molecule has 32 heavy (non-hydrogen) atoms. The number of rotatable bonds is 10. The molecule has 0 spiro atoms. The van der Waals surface area contributed by atoms with Crippen LogP contribution in [0.5, 0.6) is 11.5 Å². The Labute approximate surface area is 202 Å². The van der Waals surface area contributed by atoms with Crippen molar-refractivity contribution in [3.8, 4) is 11.5 Å². The van der Waals surface area contributed by atoms with E-state index in [1.165, 1.54) is 0 Å². The maximum absolute atomic E-state index is 11.9. The highest BCUT2D eigenvalue weighted by molar-refractivity contribution is 9.10. The van der Waals surface area contributed by atoms with Crippen LogP contribution in [0.15, 0.2) is 39.4 Å². The molecule has 1 heterocycles. The molecule has 0 aliphatic carbocycles. The molecule has 0 fully saturated rings. The van der Waals surface area contributed by atoms with Crippen molar-refractivity contribution in [2.75, 3.05) is 25.9 Å². The first kappa shape index (κ1) is 24.1. The number of nitrogens with two attached hydrogens (primary N) is 1. The highest BCUT2D eigenvalue weighted by atomic mass is 79.9. The molecule has 0 atom stereocenters. The van der Waals surface area contributed by atoms with Crippen molar-refractivity contribution in [3.63, 3.8) is 0 Å². The summed E-state index contributed by atoms with van der Waals surface area (Å²) in [5.41, 5.74) is 7.10. The molecule has 9 nitrogen and oxygen atoms in total. The molecule has 0 saturated heterocycles. The average Bonchev–Trinajstić information content (AvgIpc) is 3.19. The fraction of sp³-hybridized carbons (Fsp3) is 0.250. The lowest BCUT2D eigenvalue weighted by atomic mass is 10.2. The molecular formula is C20H20BrCl2N5O4. The largest absolute Gasteiger partial charge is 0.493 e. The highest BCUT2D eigenvalue weighted by Gasteiger charge is 2.16. The molecule has 0 bridgehead atoms. The number of benzene rings is 2. The van der Waals surface area contributed by atoms with E-state index in [0.29, 0.717) is 46.7 Å². The number of methoxy groups -OCH3 is 1. The lowest BCUT2D eigenvalue weighted by Gasteiger charge is -2.16. The molecule has 0 radical (unpaired) electrons. The maximum atomic E-state index is 11.9. The standard InChI is InChI=1S/C20H20BrCl2N5O4/c1-30-16-8-11(9-25-5-6-26-20(29)17-19(24)28-32-27-17)7-13(21)18(16)31-10-12-14(22)3-2-4-15(12)23/h2-4,7-8,25H,5-6,9-10H2,1H3,(H2,24,28)(H,26,29). The van der Waals surface area contributed by atoms with Crippen LogP contribution in [0, 0.1) is 0 Å². The second-order valence-electron chi connectivity index (χ2n) is 6.53. The molecule has 4 N–H and O–H groups in total. The van der Waals surface area contributed by atoms with Gasteiger partial charge in [0, 0.05) is 35.2 Å². The van der Waals surface area contributed by atoms with Crippen molar-refractivity contribution in [1.82, 2.24) is 20.9 Å². The van der Waals surface area contributed by atoms with Gasteiger partial charge in [-0.15, -0.1) is 0 Å². The summed E-state index contributed by atoms with van der Waals surface area (Å²) in [6.07, 6.45) is 0. The number of halogens is 3. The Morgan fingerprint density at radius 2 is 1.97 bits per heavy atom. The summed E-state index contributed by atoms with van der Waals surface area (Å²) in [4.78, 5) is 11.9. The summed E-state index contributed by atoms with van der Waals surface area (Å²) in [6, 6.07) is 9.07. The number of carbonyl (C=O) groups is 1. The first-order valence-corrected chi connectivity index (χ1v) is 10.9. The van der Waals surface area contributed by atoms with E-state index in [4.69, 9.17) is 38.4 Å². The Balaban J connectivity index is 1.54. The third kappa shape index (κ3) is 6.04. The SMILES string of the molecule is COc1cc(CNCCNC(=O)c2nonc2N)cc(Br)c1OCc1c(Cl)cccc1Cl. The fourth-order valence-corrected chi connectivity index (χ4v) is 3.87. The third-order valence-electron chi connectivity index (χ3n) is 4.36. The van der Waals surface area contributed by atoms with Gasteiger partial charge in [0.2, 0.25) is 11.5 Å². The zero-order chi connectivity index (χ0) is 23.1. The highest BCUT2D eigenvalue weighted by Crippen LogP contribution is 2.38. The van der Waals surface area contributed by atoms with Crippen LogP contribution in [0.4, 0.5) is 5.82 Å². The molecule has 1 aromatic heterocycles. The normalized spacial score (nSPS) is 10.8. The van der Waals surface area contributed by atoms with Crippen LogP contribution in [-0.2, 0) is 13.2 Å². The number of hydrogen-bond donors (Lipinski definition) is 3. The molecule has 0 aliphatic heterocycles. The Bertz CT molecular complexity index is 1080. The van der Waals surface area contributed by atoms with Crippen molar-refractivity contribution in [2.45, 2.75) is 13.2 Å². The van der Waals surface area contributed by atoms with Crippen molar-refractivity contribution in [2.24, 2.45) is 0 Å². The van der Waals surface area contributed by atoms with Crippen LogP contribution in [0.3, 0.4) is 0 Å². The minimum Gasteiger partial charge on any atom is -0.493 e. The monoisotopic (exact) mass is 543 g/mol. The molecule has 0 saturated carbocycles. The summed E-state index contributed by atoms with van der Waals surface area (Å²) >= 11 is 16.0. The van der Waals surface area contributed by atoms with Gasteiger partial charge in [0.25, 0.3) is 5.91 Å². The predicted octanol–water partition coefficient (Wildman–Crippen LogP) is 3.83. The molecule has 12 heteroatoms.